The Morgan fingerprint density at radius 2 is 2.15 bits per heavy atom. The van der Waals surface area contributed by atoms with E-state index in [1.165, 1.54) is 7.11 Å². The maximum absolute atomic E-state index is 10.8. The number of ether oxygens (including phenoxy) is 1. The fraction of sp³-hybridized carbons (Fsp3) is 0.800. The number of carbonyl (C=O) groups excluding carboxylic acids is 1. The van der Waals surface area contributed by atoms with E-state index in [1.807, 2.05) is 20.8 Å². The van der Waals surface area contributed by atoms with Crippen molar-refractivity contribution < 1.29 is 9.53 Å². The van der Waals surface area contributed by atoms with Gasteiger partial charge in [-0.15, -0.1) is 0 Å². The summed E-state index contributed by atoms with van der Waals surface area (Å²) in [6, 6.07) is 2.23. The van der Waals surface area contributed by atoms with Crippen molar-refractivity contribution in [2.75, 3.05) is 7.11 Å². The lowest BCUT2D eigenvalue weighted by Crippen LogP contribution is -2.20. The van der Waals surface area contributed by atoms with Crippen LogP contribution < -0.4 is 0 Å². The number of nitriles is 1. The van der Waals surface area contributed by atoms with Crippen molar-refractivity contribution in [1.29, 1.82) is 5.26 Å². The molecule has 1 unspecified atom stereocenters. The van der Waals surface area contributed by atoms with E-state index in [4.69, 9.17) is 5.26 Å². The van der Waals surface area contributed by atoms with Gasteiger partial charge in [-0.3, -0.25) is 4.79 Å². The molecule has 1 atom stereocenters. The van der Waals surface area contributed by atoms with Crippen LogP contribution in [-0.2, 0) is 9.53 Å². The van der Waals surface area contributed by atoms with E-state index < -0.39 is 0 Å². The predicted molar refractivity (Wildman–Crippen MR) is 49.8 cm³/mol. The number of hydrogen-bond acceptors (Lipinski definition) is 3. The Kier molecular flexibility index (Phi) is 4.47. The maximum atomic E-state index is 10.8. The van der Waals surface area contributed by atoms with Crippen LogP contribution in [0.5, 0.6) is 0 Å². The Morgan fingerprint density at radius 1 is 1.62 bits per heavy atom. The van der Waals surface area contributed by atoms with Crippen molar-refractivity contribution in [3.05, 3.63) is 0 Å². The second-order valence-corrected chi connectivity index (χ2v) is 3.85. The summed E-state index contributed by atoms with van der Waals surface area (Å²) in [5.41, 5.74) is -0.367. The van der Waals surface area contributed by atoms with Crippen molar-refractivity contribution in [2.45, 2.75) is 33.6 Å². The van der Waals surface area contributed by atoms with Gasteiger partial charge in [0.15, 0.2) is 0 Å². The summed E-state index contributed by atoms with van der Waals surface area (Å²) >= 11 is 0. The van der Waals surface area contributed by atoms with Crippen LogP contribution in [0.25, 0.3) is 0 Å². The third kappa shape index (κ3) is 3.93. The Morgan fingerprint density at radius 3 is 2.54 bits per heavy atom. The summed E-state index contributed by atoms with van der Waals surface area (Å²) < 4.78 is 4.53. The quantitative estimate of drug-likeness (QED) is 0.627. The Hall–Kier alpha value is -1.04. The zero-order valence-corrected chi connectivity index (χ0v) is 8.76. The Balaban J connectivity index is 3.96. The van der Waals surface area contributed by atoms with E-state index in [0.29, 0.717) is 12.8 Å². The first kappa shape index (κ1) is 12.0. The van der Waals surface area contributed by atoms with Crippen molar-refractivity contribution in [1.82, 2.24) is 0 Å². The van der Waals surface area contributed by atoms with E-state index in [2.05, 4.69) is 10.8 Å². The smallest absolute Gasteiger partial charge is 0.305 e. The molecule has 0 aliphatic rings. The van der Waals surface area contributed by atoms with Gasteiger partial charge in [0.2, 0.25) is 0 Å². The van der Waals surface area contributed by atoms with Crippen molar-refractivity contribution in [3.63, 3.8) is 0 Å². The SMILES string of the molecule is COC(=O)CCC(C)C(C)(C)C#N. The number of methoxy groups -OCH3 is 1. The summed E-state index contributed by atoms with van der Waals surface area (Å²) in [7, 11) is 1.38. The van der Waals surface area contributed by atoms with Crippen LogP contribution in [0.2, 0.25) is 0 Å². The summed E-state index contributed by atoms with van der Waals surface area (Å²) in [5.74, 6) is -0.00260. The van der Waals surface area contributed by atoms with Crippen LogP contribution in [0.4, 0.5) is 0 Å². The lowest BCUT2D eigenvalue weighted by Gasteiger charge is -2.23. The molecule has 0 radical (unpaired) electrons. The van der Waals surface area contributed by atoms with Gasteiger partial charge in [-0.2, -0.15) is 5.26 Å². The topological polar surface area (TPSA) is 50.1 Å². The van der Waals surface area contributed by atoms with Crippen molar-refractivity contribution in [2.24, 2.45) is 11.3 Å². The van der Waals surface area contributed by atoms with Gasteiger partial charge in [0.05, 0.1) is 18.6 Å². The minimum absolute atomic E-state index is 0.205. The number of esters is 1. The molecule has 0 aliphatic heterocycles. The Labute approximate surface area is 79.7 Å². The minimum Gasteiger partial charge on any atom is -0.469 e. The van der Waals surface area contributed by atoms with Crippen LogP contribution >= 0.6 is 0 Å². The molecule has 0 bridgehead atoms. The van der Waals surface area contributed by atoms with Gasteiger partial charge in [-0.1, -0.05) is 6.92 Å². The van der Waals surface area contributed by atoms with E-state index in [0.717, 1.165) is 0 Å². The third-order valence-electron chi connectivity index (χ3n) is 2.53. The fourth-order valence-corrected chi connectivity index (χ4v) is 0.907. The second kappa shape index (κ2) is 4.86. The normalized spacial score (nSPS) is 13.2. The van der Waals surface area contributed by atoms with Crippen LogP contribution in [0.3, 0.4) is 0 Å². The maximum Gasteiger partial charge on any atom is 0.305 e. The van der Waals surface area contributed by atoms with Crippen molar-refractivity contribution in [3.8, 4) is 6.07 Å². The number of carbonyl (C=O) groups is 1. The second-order valence-electron chi connectivity index (χ2n) is 3.85. The van der Waals surface area contributed by atoms with Gasteiger partial charge >= 0.3 is 5.97 Å². The molecule has 74 valence electrons. The Bertz CT molecular complexity index is 215. The monoisotopic (exact) mass is 183 g/mol. The molecule has 0 amide bonds. The first-order valence-corrected chi connectivity index (χ1v) is 4.42. The minimum atomic E-state index is -0.367. The molecular weight excluding hydrogens is 166 g/mol. The summed E-state index contributed by atoms with van der Waals surface area (Å²) in [6.45, 7) is 5.75. The first-order chi connectivity index (χ1) is 5.94. The summed E-state index contributed by atoms with van der Waals surface area (Å²) in [4.78, 5) is 10.8. The molecule has 0 heterocycles. The average Bonchev–Trinajstić information content (AvgIpc) is 2.13. The van der Waals surface area contributed by atoms with E-state index in [1.54, 1.807) is 0 Å². The summed E-state index contributed by atoms with van der Waals surface area (Å²) in [5, 5.41) is 8.82. The lowest BCUT2D eigenvalue weighted by atomic mass is 9.79. The van der Waals surface area contributed by atoms with E-state index in [9.17, 15) is 4.79 Å². The van der Waals surface area contributed by atoms with Gasteiger partial charge in [0, 0.05) is 6.42 Å². The van der Waals surface area contributed by atoms with Gasteiger partial charge < -0.3 is 4.74 Å². The first-order valence-electron chi connectivity index (χ1n) is 4.42. The molecule has 0 saturated carbocycles. The zero-order valence-electron chi connectivity index (χ0n) is 8.76. The zero-order chi connectivity index (χ0) is 10.5. The van der Waals surface area contributed by atoms with Crippen LogP contribution in [0.15, 0.2) is 0 Å². The van der Waals surface area contributed by atoms with Crippen LogP contribution in [-0.4, -0.2) is 13.1 Å². The molecule has 0 aliphatic carbocycles. The van der Waals surface area contributed by atoms with Crippen LogP contribution in [0.1, 0.15) is 33.6 Å². The molecule has 0 aromatic carbocycles. The molecule has 0 spiro atoms. The lowest BCUT2D eigenvalue weighted by molar-refractivity contribution is -0.141. The van der Waals surface area contributed by atoms with Gasteiger partial charge in [0.25, 0.3) is 0 Å². The average molecular weight is 183 g/mol. The van der Waals surface area contributed by atoms with Gasteiger partial charge in [-0.05, 0) is 26.2 Å². The molecule has 3 heteroatoms. The van der Waals surface area contributed by atoms with E-state index in [-0.39, 0.29) is 17.3 Å². The molecule has 0 saturated heterocycles. The van der Waals surface area contributed by atoms with E-state index >= 15 is 0 Å². The standard InChI is InChI=1S/C10H17NO2/c1-8(10(2,3)7-11)5-6-9(12)13-4/h8H,5-6H2,1-4H3. The molecule has 3 nitrogen and oxygen atoms in total. The molecule has 0 N–H and O–H groups in total. The number of nitrogens with zero attached hydrogens (tertiary/aromatic N) is 1. The largest absolute Gasteiger partial charge is 0.469 e. The van der Waals surface area contributed by atoms with Gasteiger partial charge in [-0.25, -0.2) is 0 Å². The molecule has 0 fully saturated rings. The number of hydrogen-bond donors (Lipinski definition) is 0. The number of rotatable bonds is 4. The highest BCUT2D eigenvalue weighted by atomic mass is 16.5. The van der Waals surface area contributed by atoms with Crippen molar-refractivity contribution >= 4 is 5.97 Å². The molecule has 0 rings (SSSR count). The predicted octanol–water partition coefficient (Wildman–Crippen LogP) is 2.13. The molecular formula is C10H17NO2. The third-order valence-corrected chi connectivity index (χ3v) is 2.53. The molecule has 0 aromatic heterocycles. The highest BCUT2D eigenvalue weighted by Gasteiger charge is 2.25. The highest BCUT2D eigenvalue weighted by Crippen LogP contribution is 2.28. The summed E-state index contributed by atoms with van der Waals surface area (Å²) in [6.07, 6.45) is 1.09. The fourth-order valence-electron chi connectivity index (χ4n) is 0.907. The highest BCUT2D eigenvalue weighted by molar-refractivity contribution is 5.69. The molecule has 0 aromatic rings. The molecule has 13 heavy (non-hydrogen) atoms. The van der Waals surface area contributed by atoms with Crippen LogP contribution in [0, 0.1) is 22.7 Å². The van der Waals surface area contributed by atoms with Gasteiger partial charge in [0.1, 0.15) is 0 Å².